The van der Waals surface area contributed by atoms with Gasteiger partial charge in [0.25, 0.3) is 0 Å². The lowest BCUT2D eigenvalue weighted by Gasteiger charge is -1.93. The quantitative estimate of drug-likeness (QED) is 0.858. The minimum Gasteiger partial charge on any atom is -0.481 e. The van der Waals surface area contributed by atoms with E-state index in [-0.39, 0.29) is 6.42 Å². The van der Waals surface area contributed by atoms with E-state index in [1.54, 1.807) is 0 Å². The second kappa shape index (κ2) is 4.39. The lowest BCUT2D eigenvalue weighted by Crippen LogP contribution is -1.95. The van der Waals surface area contributed by atoms with E-state index in [1.807, 2.05) is 18.2 Å². The van der Waals surface area contributed by atoms with Gasteiger partial charge < -0.3 is 9.52 Å². The molecule has 0 bridgehead atoms. The van der Waals surface area contributed by atoms with Gasteiger partial charge in [-0.25, -0.2) is 0 Å². The van der Waals surface area contributed by atoms with Crippen LogP contribution >= 0.6 is 0 Å². The van der Waals surface area contributed by atoms with E-state index in [0.717, 1.165) is 23.2 Å². The van der Waals surface area contributed by atoms with Gasteiger partial charge in [0.15, 0.2) is 0 Å². The van der Waals surface area contributed by atoms with Crippen molar-refractivity contribution < 1.29 is 14.3 Å². The highest BCUT2D eigenvalue weighted by atomic mass is 16.4. The van der Waals surface area contributed by atoms with Crippen molar-refractivity contribution in [1.82, 2.24) is 0 Å². The summed E-state index contributed by atoms with van der Waals surface area (Å²) in [6.45, 7) is 2.10. The summed E-state index contributed by atoms with van der Waals surface area (Å²) in [5.41, 5.74) is 2.09. The Bertz CT molecular complexity index is 511. The number of carboxylic acids is 1. The van der Waals surface area contributed by atoms with Crippen LogP contribution in [-0.2, 0) is 17.6 Å². The summed E-state index contributed by atoms with van der Waals surface area (Å²) in [5, 5.41) is 9.65. The van der Waals surface area contributed by atoms with Gasteiger partial charge in [-0.2, -0.15) is 0 Å². The molecule has 3 heteroatoms. The Morgan fingerprint density at radius 3 is 2.88 bits per heavy atom. The monoisotopic (exact) mass is 218 g/mol. The number of furan rings is 1. The van der Waals surface area contributed by atoms with E-state index in [1.165, 1.54) is 5.56 Å². The second-order valence-corrected chi connectivity index (χ2v) is 3.83. The van der Waals surface area contributed by atoms with Crippen LogP contribution in [0.25, 0.3) is 11.0 Å². The number of aliphatic carboxylic acids is 1. The van der Waals surface area contributed by atoms with Crippen LogP contribution in [0.2, 0.25) is 0 Å². The second-order valence-electron chi connectivity index (χ2n) is 3.83. The summed E-state index contributed by atoms with van der Waals surface area (Å²) in [6, 6.07) is 7.99. The lowest BCUT2D eigenvalue weighted by atomic mass is 10.1. The molecule has 1 aromatic heterocycles. The van der Waals surface area contributed by atoms with E-state index in [2.05, 4.69) is 13.0 Å². The number of carbonyl (C=O) groups is 1. The van der Waals surface area contributed by atoms with E-state index >= 15 is 0 Å². The predicted octanol–water partition coefficient (Wildman–Crippen LogP) is 3.01. The Labute approximate surface area is 93.7 Å². The molecule has 0 aliphatic rings. The topological polar surface area (TPSA) is 50.4 Å². The lowest BCUT2D eigenvalue weighted by molar-refractivity contribution is -0.137. The molecule has 1 aromatic carbocycles. The number of benzene rings is 1. The number of fused-ring (bicyclic) bond motifs is 1. The fourth-order valence-electron chi connectivity index (χ4n) is 1.72. The van der Waals surface area contributed by atoms with Crippen LogP contribution in [0.15, 0.2) is 28.7 Å². The van der Waals surface area contributed by atoms with Crippen LogP contribution < -0.4 is 0 Å². The summed E-state index contributed by atoms with van der Waals surface area (Å²) in [4.78, 5) is 10.4. The zero-order valence-electron chi connectivity index (χ0n) is 9.19. The molecule has 3 nitrogen and oxygen atoms in total. The molecule has 16 heavy (non-hydrogen) atoms. The third-order valence-corrected chi connectivity index (χ3v) is 2.63. The molecule has 0 radical (unpaired) electrons. The maximum atomic E-state index is 10.4. The van der Waals surface area contributed by atoms with Gasteiger partial charge in [-0.1, -0.05) is 13.0 Å². The van der Waals surface area contributed by atoms with Gasteiger partial charge >= 0.3 is 5.97 Å². The van der Waals surface area contributed by atoms with Crippen LogP contribution in [0, 0.1) is 0 Å². The minimum atomic E-state index is -0.797. The van der Waals surface area contributed by atoms with Crippen molar-refractivity contribution in [2.45, 2.75) is 26.2 Å². The normalized spacial score (nSPS) is 10.8. The number of carboxylic acid groups (broad SMARTS) is 1. The van der Waals surface area contributed by atoms with Crippen molar-refractivity contribution in [2.24, 2.45) is 0 Å². The molecule has 0 saturated heterocycles. The molecule has 2 aromatic rings. The van der Waals surface area contributed by atoms with Crippen LogP contribution in [0.1, 0.15) is 24.7 Å². The molecule has 0 aliphatic heterocycles. The van der Waals surface area contributed by atoms with E-state index in [9.17, 15) is 4.79 Å². The minimum absolute atomic E-state index is 0.112. The zero-order chi connectivity index (χ0) is 11.5. The fourth-order valence-corrected chi connectivity index (χ4v) is 1.72. The van der Waals surface area contributed by atoms with Crippen molar-refractivity contribution in [3.05, 3.63) is 35.6 Å². The van der Waals surface area contributed by atoms with Crippen molar-refractivity contribution in [2.75, 3.05) is 0 Å². The van der Waals surface area contributed by atoms with Crippen LogP contribution in [0.4, 0.5) is 0 Å². The SMILES string of the molecule is CCc1ccc2oc(CCC(=O)O)cc2c1. The van der Waals surface area contributed by atoms with Crippen molar-refractivity contribution in [3.63, 3.8) is 0 Å². The van der Waals surface area contributed by atoms with E-state index in [4.69, 9.17) is 9.52 Å². The molecule has 1 heterocycles. The molecule has 1 N–H and O–H groups in total. The first kappa shape index (κ1) is 10.7. The van der Waals surface area contributed by atoms with Crippen LogP contribution in [0.5, 0.6) is 0 Å². The maximum absolute atomic E-state index is 10.4. The van der Waals surface area contributed by atoms with E-state index < -0.39 is 5.97 Å². The van der Waals surface area contributed by atoms with Gasteiger partial charge in [-0.15, -0.1) is 0 Å². The molecule has 0 fully saturated rings. The Balaban J connectivity index is 2.25. The highest BCUT2D eigenvalue weighted by Gasteiger charge is 2.06. The molecular weight excluding hydrogens is 204 g/mol. The molecule has 0 amide bonds. The summed E-state index contributed by atoms with van der Waals surface area (Å²) in [7, 11) is 0. The molecule has 0 aliphatic carbocycles. The van der Waals surface area contributed by atoms with Gasteiger partial charge in [0.1, 0.15) is 11.3 Å². The third-order valence-electron chi connectivity index (χ3n) is 2.63. The van der Waals surface area contributed by atoms with Gasteiger partial charge in [0.05, 0.1) is 6.42 Å². The first-order valence-electron chi connectivity index (χ1n) is 5.42. The van der Waals surface area contributed by atoms with Gasteiger partial charge in [-0.05, 0) is 30.2 Å². The first-order chi connectivity index (χ1) is 7.69. The smallest absolute Gasteiger partial charge is 0.303 e. The van der Waals surface area contributed by atoms with Crippen molar-refractivity contribution >= 4 is 16.9 Å². The fraction of sp³-hybridized carbons (Fsp3) is 0.308. The van der Waals surface area contributed by atoms with E-state index in [0.29, 0.717) is 6.42 Å². The summed E-state index contributed by atoms with van der Waals surface area (Å²) >= 11 is 0. The summed E-state index contributed by atoms with van der Waals surface area (Å²) in [5.74, 6) is -0.0552. The van der Waals surface area contributed by atoms with Gasteiger partial charge in [-0.3, -0.25) is 4.79 Å². The van der Waals surface area contributed by atoms with Crippen molar-refractivity contribution in [1.29, 1.82) is 0 Å². The Hall–Kier alpha value is -1.77. The molecule has 0 unspecified atom stereocenters. The number of hydrogen-bond donors (Lipinski definition) is 1. The standard InChI is InChI=1S/C13H14O3/c1-2-9-3-5-12-10(7-9)8-11(16-12)4-6-13(14)15/h3,5,7-8H,2,4,6H2,1H3,(H,14,15). The van der Waals surface area contributed by atoms with Gasteiger partial charge in [0, 0.05) is 11.8 Å². The van der Waals surface area contributed by atoms with Crippen LogP contribution in [-0.4, -0.2) is 11.1 Å². The number of rotatable bonds is 4. The summed E-state index contributed by atoms with van der Waals surface area (Å²) in [6.07, 6.45) is 1.55. The molecule has 0 spiro atoms. The molecule has 0 saturated carbocycles. The third kappa shape index (κ3) is 2.24. The molecule has 2 rings (SSSR count). The average molecular weight is 218 g/mol. The largest absolute Gasteiger partial charge is 0.481 e. The Morgan fingerprint density at radius 1 is 1.38 bits per heavy atom. The zero-order valence-corrected chi connectivity index (χ0v) is 9.19. The summed E-state index contributed by atoms with van der Waals surface area (Å²) < 4.78 is 5.55. The first-order valence-corrected chi connectivity index (χ1v) is 5.42. The van der Waals surface area contributed by atoms with Crippen LogP contribution in [0.3, 0.4) is 0 Å². The molecule has 84 valence electrons. The number of aryl methyl sites for hydroxylation is 2. The highest BCUT2D eigenvalue weighted by molar-refractivity contribution is 5.79. The number of hydrogen-bond acceptors (Lipinski definition) is 2. The van der Waals surface area contributed by atoms with Crippen molar-refractivity contribution in [3.8, 4) is 0 Å². The van der Waals surface area contributed by atoms with Gasteiger partial charge in [0.2, 0.25) is 0 Å². The Kier molecular flexibility index (Phi) is 2.95. The highest BCUT2D eigenvalue weighted by Crippen LogP contribution is 2.21. The average Bonchev–Trinajstić information content (AvgIpc) is 2.67. The molecular formula is C13H14O3. The molecule has 0 atom stereocenters. The maximum Gasteiger partial charge on any atom is 0.303 e. The predicted molar refractivity (Wildman–Crippen MR) is 61.5 cm³/mol. The Morgan fingerprint density at radius 2 is 2.19 bits per heavy atom.